The highest BCUT2D eigenvalue weighted by atomic mass is 16.5. The molecular formula is C10H20O. The Morgan fingerprint density at radius 3 is 2.36 bits per heavy atom. The van der Waals surface area contributed by atoms with Crippen LogP contribution in [-0.2, 0) is 4.74 Å². The van der Waals surface area contributed by atoms with E-state index in [9.17, 15) is 0 Å². The normalized spacial score (nSPS) is 30.8. The van der Waals surface area contributed by atoms with Crippen LogP contribution in [0.3, 0.4) is 0 Å². The zero-order valence-electron chi connectivity index (χ0n) is 8.18. The fourth-order valence-corrected chi connectivity index (χ4v) is 1.62. The molecule has 0 aromatic carbocycles. The number of ether oxygens (including phenoxy) is 1. The van der Waals surface area contributed by atoms with Crippen LogP contribution in [-0.4, -0.2) is 12.7 Å². The van der Waals surface area contributed by atoms with Crippen LogP contribution in [0.15, 0.2) is 0 Å². The Kier molecular flexibility index (Phi) is 2.58. The van der Waals surface area contributed by atoms with E-state index < -0.39 is 0 Å². The molecule has 1 heteroatoms. The van der Waals surface area contributed by atoms with Crippen LogP contribution in [0.25, 0.3) is 0 Å². The molecule has 1 atom stereocenters. The van der Waals surface area contributed by atoms with E-state index in [0.29, 0.717) is 17.4 Å². The van der Waals surface area contributed by atoms with Gasteiger partial charge < -0.3 is 4.74 Å². The molecule has 0 N–H and O–H groups in total. The summed E-state index contributed by atoms with van der Waals surface area (Å²) in [7, 11) is 0. The van der Waals surface area contributed by atoms with Crippen molar-refractivity contribution >= 4 is 0 Å². The fourth-order valence-electron chi connectivity index (χ4n) is 1.62. The van der Waals surface area contributed by atoms with Crippen molar-refractivity contribution in [1.82, 2.24) is 0 Å². The maximum absolute atomic E-state index is 5.67. The minimum atomic E-state index is 0.499. The van der Waals surface area contributed by atoms with Crippen LogP contribution in [0, 0.1) is 11.3 Å². The summed E-state index contributed by atoms with van der Waals surface area (Å²) in [6, 6.07) is 0. The lowest BCUT2D eigenvalue weighted by Gasteiger charge is -2.37. The zero-order valence-corrected chi connectivity index (χ0v) is 8.18. The molecule has 0 radical (unpaired) electrons. The second kappa shape index (κ2) is 3.14. The van der Waals surface area contributed by atoms with E-state index in [1.54, 1.807) is 0 Å². The Labute approximate surface area is 70.1 Å². The summed E-state index contributed by atoms with van der Waals surface area (Å²) in [6.45, 7) is 10.1. The first-order chi connectivity index (χ1) is 5.01. The van der Waals surface area contributed by atoms with E-state index in [2.05, 4.69) is 27.7 Å². The maximum Gasteiger partial charge on any atom is 0.0603 e. The molecule has 0 unspecified atom stereocenters. The molecule has 66 valence electrons. The molecule has 1 nitrogen and oxygen atoms in total. The second-order valence-electron chi connectivity index (χ2n) is 4.77. The van der Waals surface area contributed by atoms with E-state index in [-0.39, 0.29) is 0 Å². The molecule has 0 amide bonds. The van der Waals surface area contributed by atoms with E-state index in [1.807, 2.05) is 0 Å². The van der Waals surface area contributed by atoms with Crippen molar-refractivity contribution in [3.05, 3.63) is 0 Å². The SMILES string of the molecule is CC(C)[C@@H]1CC(C)(C)CCO1. The van der Waals surface area contributed by atoms with Gasteiger partial charge in [-0.2, -0.15) is 0 Å². The minimum Gasteiger partial charge on any atom is -0.378 e. The maximum atomic E-state index is 5.67. The van der Waals surface area contributed by atoms with Gasteiger partial charge in [0, 0.05) is 6.61 Å². The topological polar surface area (TPSA) is 9.23 Å². The molecule has 0 aromatic heterocycles. The first-order valence-corrected chi connectivity index (χ1v) is 4.63. The van der Waals surface area contributed by atoms with Crippen LogP contribution in [0.2, 0.25) is 0 Å². The average Bonchev–Trinajstić information content (AvgIpc) is 1.85. The number of hydrogen-bond donors (Lipinski definition) is 0. The molecule has 11 heavy (non-hydrogen) atoms. The monoisotopic (exact) mass is 156 g/mol. The van der Waals surface area contributed by atoms with Gasteiger partial charge in [-0.15, -0.1) is 0 Å². The van der Waals surface area contributed by atoms with Crippen LogP contribution < -0.4 is 0 Å². The predicted molar refractivity (Wildman–Crippen MR) is 47.6 cm³/mol. The van der Waals surface area contributed by atoms with Crippen molar-refractivity contribution in [3.8, 4) is 0 Å². The van der Waals surface area contributed by atoms with Gasteiger partial charge in [-0.3, -0.25) is 0 Å². The van der Waals surface area contributed by atoms with Gasteiger partial charge in [0.05, 0.1) is 6.10 Å². The Balaban J connectivity index is 2.46. The molecule has 0 spiro atoms. The Morgan fingerprint density at radius 2 is 2.00 bits per heavy atom. The van der Waals surface area contributed by atoms with E-state index >= 15 is 0 Å². The largest absolute Gasteiger partial charge is 0.378 e. The van der Waals surface area contributed by atoms with Crippen molar-refractivity contribution in [2.24, 2.45) is 11.3 Å². The first kappa shape index (κ1) is 9.05. The first-order valence-electron chi connectivity index (χ1n) is 4.63. The van der Waals surface area contributed by atoms with Gasteiger partial charge in [-0.05, 0) is 24.2 Å². The minimum absolute atomic E-state index is 0.499. The summed E-state index contributed by atoms with van der Waals surface area (Å²) >= 11 is 0. The van der Waals surface area contributed by atoms with Gasteiger partial charge in [0.15, 0.2) is 0 Å². The van der Waals surface area contributed by atoms with E-state index in [0.717, 1.165) is 6.61 Å². The summed E-state index contributed by atoms with van der Waals surface area (Å²) in [5.41, 5.74) is 0.507. The Hall–Kier alpha value is -0.0400. The third-order valence-electron chi connectivity index (χ3n) is 2.61. The Morgan fingerprint density at radius 1 is 1.36 bits per heavy atom. The van der Waals surface area contributed by atoms with Gasteiger partial charge in [-0.25, -0.2) is 0 Å². The molecule has 0 aliphatic carbocycles. The molecule has 1 aliphatic heterocycles. The van der Waals surface area contributed by atoms with E-state index in [1.165, 1.54) is 12.8 Å². The molecule has 0 bridgehead atoms. The van der Waals surface area contributed by atoms with Gasteiger partial charge in [-0.1, -0.05) is 27.7 Å². The molecule has 1 fully saturated rings. The lowest BCUT2D eigenvalue weighted by atomic mass is 9.79. The molecule has 1 aliphatic rings. The van der Waals surface area contributed by atoms with Gasteiger partial charge in [0.1, 0.15) is 0 Å². The van der Waals surface area contributed by atoms with Crippen LogP contribution in [0.4, 0.5) is 0 Å². The molecular weight excluding hydrogens is 136 g/mol. The lowest BCUT2D eigenvalue weighted by Crippen LogP contribution is -2.34. The summed E-state index contributed by atoms with van der Waals surface area (Å²) in [4.78, 5) is 0. The van der Waals surface area contributed by atoms with E-state index in [4.69, 9.17) is 4.74 Å². The van der Waals surface area contributed by atoms with Crippen molar-refractivity contribution in [2.45, 2.75) is 46.6 Å². The average molecular weight is 156 g/mol. The third kappa shape index (κ3) is 2.48. The van der Waals surface area contributed by atoms with Gasteiger partial charge >= 0.3 is 0 Å². The highest BCUT2D eigenvalue weighted by Crippen LogP contribution is 2.34. The Bertz CT molecular complexity index is 127. The number of rotatable bonds is 1. The summed E-state index contributed by atoms with van der Waals surface area (Å²) < 4.78 is 5.67. The summed E-state index contributed by atoms with van der Waals surface area (Å²) in [5.74, 6) is 0.676. The molecule has 0 aromatic rings. The van der Waals surface area contributed by atoms with Crippen molar-refractivity contribution < 1.29 is 4.74 Å². The van der Waals surface area contributed by atoms with Crippen molar-refractivity contribution in [3.63, 3.8) is 0 Å². The standard InChI is InChI=1S/C10H20O/c1-8(2)9-7-10(3,4)5-6-11-9/h8-9H,5-7H2,1-4H3/t9-/m0/s1. The van der Waals surface area contributed by atoms with Crippen LogP contribution in [0.5, 0.6) is 0 Å². The van der Waals surface area contributed by atoms with Gasteiger partial charge in [0.2, 0.25) is 0 Å². The number of hydrogen-bond acceptors (Lipinski definition) is 1. The molecule has 1 saturated heterocycles. The third-order valence-corrected chi connectivity index (χ3v) is 2.61. The smallest absolute Gasteiger partial charge is 0.0603 e. The fraction of sp³-hybridized carbons (Fsp3) is 1.00. The predicted octanol–water partition coefficient (Wildman–Crippen LogP) is 2.85. The second-order valence-corrected chi connectivity index (χ2v) is 4.77. The zero-order chi connectivity index (χ0) is 8.48. The summed E-state index contributed by atoms with van der Waals surface area (Å²) in [5, 5.41) is 0. The van der Waals surface area contributed by atoms with Gasteiger partial charge in [0.25, 0.3) is 0 Å². The molecule has 0 saturated carbocycles. The van der Waals surface area contributed by atoms with Crippen LogP contribution >= 0.6 is 0 Å². The lowest BCUT2D eigenvalue weighted by molar-refractivity contribution is -0.0579. The van der Waals surface area contributed by atoms with Crippen LogP contribution in [0.1, 0.15) is 40.5 Å². The highest BCUT2D eigenvalue weighted by Gasteiger charge is 2.29. The highest BCUT2D eigenvalue weighted by molar-refractivity contribution is 4.79. The van der Waals surface area contributed by atoms with Crippen molar-refractivity contribution in [2.75, 3.05) is 6.61 Å². The van der Waals surface area contributed by atoms with Crippen molar-refractivity contribution in [1.29, 1.82) is 0 Å². The molecule has 1 heterocycles. The molecule has 1 rings (SSSR count). The summed E-state index contributed by atoms with van der Waals surface area (Å²) in [6.07, 6.45) is 2.94. The quantitative estimate of drug-likeness (QED) is 0.567.